The number of ether oxygens (including phenoxy) is 1. The van der Waals surface area contributed by atoms with Crippen LogP contribution >= 0.6 is 0 Å². The van der Waals surface area contributed by atoms with Gasteiger partial charge < -0.3 is 4.74 Å². The van der Waals surface area contributed by atoms with E-state index in [2.05, 4.69) is 11.3 Å². The van der Waals surface area contributed by atoms with Gasteiger partial charge in [-0.25, -0.2) is 4.39 Å². The molecule has 10 heavy (non-hydrogen) atoms. The van der Waals surface area contributed by atoms with Crippen LogP contribution < -0.4 is 0 Å². The fraction of sp³-hybridized carbons (Fsp3) is 0.250. The smallest absolute Gasteiger partial charge is 0.164 e. The van der Waals surface area contributed by atoms with E-state index >= 15 is 0 Å². The van der Waals surface area contributed by atoms with E-state index in [-0.39, 0.29) is 5.76 Å². The molecule has 0 saturated heterocycles. The van der Waals surface area contributed by atoms with E-state index in [1.165, 1.54) is 19.3 Å². The second kappa shape index (κ2) is 4.79. The molecule has 0 spiro atoms. The molecule has 0 radical (unpaired) electrons. The molecule has 0 N–H and O–H groups in total. The second-order valence-electron chi connectivity index (χ2n) is 1.61. The van der Waals surface area contributed by atoms with Gasteiger partial charge in [0.15, 0.2) is 5.83 Å². The van der Waals surface area contributed by atoms with Gasteiger partial charge in [0.05, 0.1) is 7.11 Å². The van der Waals surface area contributed by atoms with Crippen molar-refractivity contribution in [2.45, 2.75) is 6.92 Å². The van der Waals surface area contributed by atoms with Crippen LogP contribution in [0.25, 0.3) is 0 Å². The standard InChI is InChI=1S/C8H11FO/c1-4-6-7(9)8(5-2)10-3/h4-6H,1H2,2-3H3/b7-6+,8-5+. The zero-order valence-corrected chi connectivity index (χ0v) is 6.23. The monoisotopic (exact) mass is 142 g/mol. The van der Waals surface area contributed by atoms with Crippen molar-refractivity contribution in [3.8, 4) is 0 Å². The van der Waals surface area contributed by atoms with E-state index in [1.54, 1.807) is 13.0 Å². The Morgan fingerprint density at radius 3 is 2.50 bits per heavy atom. The normalized spacial score (nSPS) is 13.1. The van der Waals surface area contributed by atoms with Gasteiger partial charge in [-0.05, 0) is 19.1 Å². The van der Waals surface area contributed by atoms with Crippen molar-refractivity contribution >= 4 is 0 Å². The quantitative estimate of drug-likeness (QED) is 0.434. The van der Waals surface area contributed by atoms with Crippen LogP contribution in [0.15, 0.2) is 36.4 Å². The lowest BCUT2D eigenvalue weighted by Crippen LogP contribution is -1.85. The maximum atomic E-state index is 12.7. The molecule has 0 aromatic rings. The summed E-state index contributed by atoms with van der Waals surface area (Å²) in [6, 6.07) is 0. The topological polar surface area (TPSA) is 9.23 Å². The molecule has 2 heteroatoms. The fourth-order valence-corrected chi connectivity index (χ4v) is 0.539. The Kier molecular flexibility index (Phi) is 4.29. The molecule has 0 atom stereocenters. The number of hydrogen-bond acceptors (Lipinski definition) is 1. The van der Waals surface area contributed by atoms with Crippen LogP contribution in [0.3, 0.4) is 0 Å². The lowest BCUT2D eigenvalue weighted by Gasteiger charge is -1.99. The minimum absolute atomic E-state index is 0.236. The van der Waals surface area contributed by atoms with Gasteiger partial charge in [-0.3, -0.25) is 0 Å². The molecule has 0 bridgehead atoms. The van der Waals surface area contributed by atoms with Crippen molar-refractivity contribution in [3.63, 3.8) is 0 Å². The van der Waals surface area contributed by atoms with Crippen molar-refractivity contribution in [1.82, 2.24) is 0 Å². The summed E-state index contributed by atoms with van der Waals surface area (Å²) in [6.45, 7) is 5.06. The fourth-order valence-electron chi connectivity index (χ4n) is 0.539. The van der Waals surface area contributed by atoms with Crippen LogP contribution in [-0.2, 0) is 4.74 Å². The number of halogens is 1. The SMILES string of the molecule is C=C/C=C(F)\C(=C/C)OC. The zero-order valence-electron chi connectivity index (χ0n) is 6.23. The molecular formula is C8H11FO. The Balaban J connectivity index is 4.30. The van der Waals surface area contributed by atoms with Gasteiger partial charge in [-0.15, -0.1) is 0 Å². The van der Waals surface area contributed by atoms with E-state index < -0.39 is 5.83 Å². The van der Waals surface area contributed by atoms with Gasteiger partial charge in [0.1, 0.15) is 5.76 Å². The third-order valence-electron chi connectivity index (χ3n) is 0.982. The minimum Gasteiger partial charge on any atom is -0.494 e. The molecule has 0 aliphatic rings. The Hall–Kier alpha value is -1.05. The summed E-state index contributed by atoms with van der Waals surface area (Å²) in [5.74, 6) is -0.167. The Labute approximate surface area is 60.5 Å². The summed E-state index contributed by atoms with van der Waals surface area (Å²) in [4.78, 5) is 0. The van der Waals surface area contributed by atoms with Crippen molar-refractivity contribution < 1.29 is 9.13 Å². The molecule has 1 nitrogen and oxygen atoms in total. The maximum absolute atomic E-state index is 12.7. The summed E-state index contributed by atoms with van der Waals surface area (Å²) in [5.41, 5.74) is 0. The first-order chi connectivity index (χ1) is 4.76. The van der Waals surface area contributed by atoms with Gasteiger partial charge in [-0.1, -0.05) is 12.7 Å². The van der Waals surface area contributed by atoms with Crippen LogP contribution in [0, 0.1) is 0 Å². The molecule has 0 rings (SSSR count). The van der Waals surface area contributed by atoms with Gasteiger partial charge in [0.25, 0.3) is 0 Å². The number of hydrogen-bond donors (Lipinski definition) is 0. The highest BCUT2D eigenvalue weighted by Gasteiger charge is 1.98. The Bertz CT molecular complexity index is 168. The Morgan fingerprint density at radius 2 is 2.20 bits per heavy atom. The van der Waals surface area contributed by atoms with Gasteiger partial charge in [-0.2, -0.15) is 0 Å². The van der Waals surface area contributed by atoms with Crippen molar-refractivity contribution in [1.29, 1.82) is 0 Å². The van der Waals surface area contributed by atoms with Crippen LogP contribution in [0.5, 0.6) is 0 Å². The van der Waals surface area contributed by atoms with Crippen molar-refractivity contribution in [2.24, 2.45) is 0 Å². The number of methoxy groups -OCH3 is 1. The van der Waals surface area contributed by atoms with E-state index in [0.29, 0.717) is 0 Å². The highest BCUT2D eigenvalue weighted by atomic mass is 19.1. The molecule has 0 aliphatic carbocycles. The first-order valence-corrected chi connectivity index (χ1v) is 2.95. The summed E-state index contributed by atoms with van der Waals surface area (Å²) >= 11 is 0. The van der Waals surface area contributed by atoms with E-state index in [0.717, 1.165) is 0 Å². The highest BCUT2D eigenvalue weighted by molar-refractivity contribution is 5.22. The average Bonchev–Trinajstić information content (AvgIpc) is 1.91. The maximum Gasteiger partial charge on any atom is 0.164 e. The van der Waals surface area contributed by atoms with E-state index in [4.69, 9.17) is 0 Å². The average molecular weight is 142 g/mol. The molecule has 56 valence electrons. The van der Waals surface area contributed by atoms with E-state index in [1.807, 2.05) is 0 Å². The first-order valence-electron chi connectivity index (χ1n) is 2.95. The summed E-state index contributed by atoms with van der Waals surface area (Å²) in [6.07, 6.45) is 4.17. The predicted molar refractivity (Wildman–Crippen MR) is 40.2 cm³/mol. The predicted octanol–water partition coefficient (Wildman–Crippen LogP) is 2.58. The van der Waals surface area contributed by atoms with Crippen LogP contribution in [-0.4, -0.2) is 7.11 Å². The van der Waals surface area contributed by atoms with Gasteiger partial charge in [0.2, 0.25) is 0 Å². The molecule has 0 aliphatic heterocycles. The number of rotatable bonds is 3. The summed E-state index contributed by atoms with van der Waals surface area (Å²) < 4.78 is 17.3. The van der Waals surface area contributed by atoms with Gasteiger partial charge in [0, 0.05) is 0 Å². The molecule has 0 heterocycles. The summed E-state index contributed by atoms with van der Waals surface area (Å²) in [5, 5.41) is 0. The molecule has 0 aromatic carbocycles. The van der Waals surface area contributed by atoms with Crippen molar-refractivity contribution in [3.05, 3.63) is 36.4 Å². The largest absolute Gasteiger partial charge is 0.494 e. The highest BCUT2D eigenvalue weighted by Crippen LogP contribution is 2.10. The van der Waals surface area contributed by atoms with Crippen LogP contribution in [0.1, 0.15) is 6.92 Å². The second-order valence-corrected chi connectivity index (χ2v) is 1.61. The van der Waals surface area contributed by atoms with Gasteiger partial charge >= 0.3 is 0 Å². The molecule has 0 fully saturated rings. The van der Waals surface area contributed by atoms with Crippen molar-refractivity contribution in [2.75, 3.05) is 7.11 Å². The third kappa shape index (κ3) is 2.49. The minimum atomic E-state index is -0.403. The molecule has 0 saturated carbocycles. The molecule has 0 unspecified atom stereocenters. The molecule has 0 aromatic heterocycles. The third-order valence-corrected chi connectivity index (χ3v) is 0.982. The zero-order chi connectivity index (χ0) is 7.98. The van der Waals surface area contributed by atoms with Crippen LogP contribution in [0.2, 0.25) is 0 Å². The summed E-state index contributed by atoms with van der Waals surface area (Å²) in [7, 11) is 1.42. The number of allylic oxidation sites excluding steroid dienone is 4. The Morgan fingerprint density at radius 1 is 1.60 bits per heavy atom. The first kappa shape index (κ1) is 8.95. The molecule has 0 amide bonds. The van der Waals surface area contributed by atoms with E-state index in [9.17, 15) is 4.39 Å². The van der Waals surface area contributed by atoms with Crippen LogP contribution in [0.4, 0.5) is 4.39 Å². The lowest BCUT2D eigenvalue weighted by atomic mass is 10.3. The lowest BCUT2D eigenvalue weighted by molar-refractivity contribution is 0.282. The molecular weight excluding hydrogens is 131 g/mol.